The summed E-state index contributed by atoms with van der Waals surface area (Å²) >= 11 is 0. The van der Waals surface area contributed by atoms with Gasteiger partial charge in [0.15, 0.2) is 0 Å². The molecule has 0 aliphatic carbocycles. The first kappa shape index (κ1) is 15.5. The Morgan fingerprint density at radius 3 is 2.86 bits per heavy atom. The van der Waals surface area contributed by atoms with E-state index in [4.69, 9.17) is 0 Å². The maximum absolute atomic E-state index is 12.6. The number of aliphatic hydroxyl groups excluding tert-OH is 1. The van der Waals surface area contributed by atoms with Crippen LogP contribution in [0.15, 0.2) is 24.3 Å². The summed E-state index contributed by atoms with van der Waals surface area (Å²) in [5.41, 5.74) is 2.01. The Hall–Kier alpha value is -1.43. The van der Waals surface area contributed by atoms with E-state index < -0.39 is 6.10 Å². The highest BCUT2D eigenvalue weighted by molar-refractivity contribution is 5.78. The zero-order chi connectivity index (χ0) is 15.5. The SMILES string of the molecule is CN(CC(=O)N1Cc2ccccc2[C@@H](O)C1)C1CCNCC1. The molecule has 1 atom stereocenters. The molecule has 1 aromatic carbocycles. The Balaban J connectivity index is 1.61. The number of hydrogen-bond donors (Lipinski definition) is 2. The number of amides is 1. The summed E-state index contributed by atoms with van der Waals surface area (Å²) in [6.45, 7) is 3.49. The Morgan fingerprint density at radius 1 is 1.36 bits per heavy atom. The quantitative estimate of drug-likeness (QED) is 0.865. The molecule has 1 amide bonds. The van der Waals surface area contributed by atoms with Crippen molar-refractivity contribution in [3.63, 3.8) is 0 Å². The molecule has 0 spiro atoms. The molecule has 0 bridgehead atoms. The fourth-order valence-corrected chi connectivity index (χ4v) is 3.46. The number of benzene rings is 1. The predicted molar refractivity (Wildman–Crippen MR) is 85.3 cm³/mol. The van der Waals surface area contributed by atoms with Crippen LogP contribution in [-0.4, -0.2) is 60.1 Å². The predicted octanol–water partition coefficient (Wildman–Crippen LogP) is 0.746. The minimum atomic E-state index is -0.571. The average Bonchev–Trinajstić information content (AvgIpc) is 2.55. The monoisotopic (exact) mass is 303 g/mol. The fraction of sp³-hybridized carbons (Fsp3) is 0.588. The molecule has 2 N–H and O–H groups in total. The number of piperidine rings is 1. The van der Waals surface area contributed by atoms with Gasteiger partial charge in [-0.2, -0.15) is 0 Å². The molecule has 0 saturated carbocycles. The lowest BCUT2D eigenvalue weighted by Crippen LogP contribution is -2.47. The van der Waals surface area contributed by atoms with Crippen LogP contribution in [0.3, 0.4) is 0 Å². The second-order valence-corrected chi connectivity index (χ2v) is 6.39. The first-order chi connectivity index (χ1) is 10.6. The van der Waals surface area contributed by atoms with Gasteiger partial charge < -0.3 is 15.3 Å². The third-order valence-corrected chi connectivity index (χ3v) is 4.84. The highest BCUT2D eigenvalue weighted by atomic mass is 16.3. The van der Waals surface area contributed by atoms with Crippen molar-refractivity contribution in [2.75, 3.05) is 33.2 Å². The standard InChI is InChI=1S/C17H25N3O2/c1-19(14-6-8-18-9-7-14)12-17(22)20-10-13-4-2-3-5-15(13)16(21)11-20/h2-5,14,16,18,21H,6-12H2,1H3/t16-/m0/s1. The van der Waals surface area contributed by atoms with Gasteiger partial charge in [-0.15, -0.1) is 0 Å². The van der Waals surface area contributed by atoms with Crippen molar-refractivity contribution < 1.29 is 9.90 Å². The summed E-state index contributed by atoms with van der Waals surface area (Å²) in [6.07, 6.45) is 1.61. The van der Waals surface area contributed by atoms with Crippen LogP contribution >= 0.6 is 0 Å². The Bertz CT molecular complexity index is 528. The first-order valence-corrected chi connectivity index (χ1v) is 8.10. The highest BCUT2D eigenvalue weighted by Gasteiger charge is 2.28. The number of rotatable bonds is 3. The van der Waals surface area contributed by atoms with Gasteiger partial charge in [0.25, 0.3) is 0 Å². The molecule has 1 aromatic rings. The Kier molecular flexibility index (Phi) is 4.76. The summed E-state index contributed by atoms with van der Waals surface area (Å²) in [5, 5.41) is 13.6. The van der Waals surface area contributed by atoms with Crippen LogP contribution < -0.4 is 5.32 Å². The highest BCUT2D eigenvalue weighted by Crippen LogP contribution is 2.26. The van der Waals surface area contributed by atoms with E-state index in [0.717, 1.165) is 37.1 Å². The lowest BCUT2D eigenvalue weighted by Gasteiger charge is -2.35. The smallest absolute Gasteiger partial charge is 0.237 e. The molecule has 0 aromatic heterocycles. The van der Waals surface area contributed by atoms with Crippen LogP contribution in [-0.2, 0) is 11.3 Å². The topological polar surface area (TPSA) is 55.8 Å². The van der Waals surface area contributed by atoms with Gasteiger partial charge in [0.05, 0.1) is 19.2 Å². The van der Waals surface area contributed by atoms with E-state index in [1.54, 1.807) is 4.90 Å². The minimum Gasteiger partial charge on any atom is -0.387 e. The van der Waals surface area contributed by atoms with Crippen LogP contribution in [0, 0.1) is 0 Å². The van der Waals surface area contributed by atoms with Gasteiger partial charge in [0, 0.05) is 12.6 Å². The molecule has 5 heteroatoms. The molecule has 120 valence electrons. The van der Waals surface area contributed by atoms with E-state index in [9.17, 15) is 9.90 Å². The van der Waals surface area contributed by atoms with Crippen molar-refractivity contribution in [1.29, 1.82) is 0 Å². The third-order valence-electron chi connectivity index (χ3n) is 4.84. The van der Waals surface area contributed by atoms with Crippen molar-refractivity contribution in [3.05, 3.63) is 35.4 Å². The van der Waals surface area contributed by atoms with Crippen LogP contribution in [0.1, 0.15) is 30.1 Å². The molecular weight excluding hydrogens is 278 g/mol. The number of hydrogen-bond acceptors (Lipinski definition) is 4. The van der Waals surface area contributed by atoms with E-state index in [1.165, 1.54) is 0 Å². The summed E-state index contributed by atoms with van der Waals surface area (Å²) in [5.74, 6) is 0.106. The number of likely N-dealkylation sites (N-methyl/N-ethyl adjacent to an activating group) is 1. The number of β-amino-alcohol motifs (C(OH)–C–C–N with tert-alkyl or cyclic N) is 1. The number of carbonyl (C=O) groups is 1. The van der Waals surface area contributed by atoms with Crippen molar-refractivity contribution in [2.45, 2.75) is 31.5 Å². The second kappa shape index (κ2) is 6.77. The van der Waals surface area contributed by atoms with E-state index in [2.05, 4.69) is 10.2 Å². The minimum absolute atomic E-state index is 0.106. The summed E-state index contributed by atoms with van der Waals surface area (Å²) in [7, 11) is 2.03. The van der Waals surface area contributed by atoms with Gasteiger partial charge in [-0.1, -0.05) is 24.3 Å². The van der Waals surface area contributed by atoms with Gasteiger partial charge in [-0.3, -0.25) is 9.69 Å². The normalized spacial score (nSPS) is 22.7. The van der Waals surface area contributed by atoms with Crippen LogP contribution in [0.5, 0.6) is 0 Å². The first-order valence-electron chi connectivity index (χ1n) is 8.10. The fourth-order valence-electron chi connectivity index (χ4n) is 3.46. The maximum Gasteiger partial charge on any atom is 0.237 e. The Labute approximate surface area is 131 Å². The number of nitrogens with zero attached hydrogens (tertiary/aromatic N) is 2. The largest absolute Gasteiger partial charge is 0.387 e. The van der Waals surface area contributed by atoms with Crippen LogP contribution in [0.4, 0.5) is 0 Å². The zero-order valence-electron chi connectivity index (χ0n) is 13.2. The molecule has 0 unspecified atom stereocenters. The Morgan fingerprint density at radius 2 is 2.09 bits per heavy atom. The second-order valence-electron chi connectivity index (χ2n) is 6.39. The van der Waals surface area contributed by atoms with Gasteiger partial charge in [0.2, 0.25) is 5.91 Å². The number of aliphatic hydroxyl groups is 1. The van der Waals surface area contributed by atoms with Crippen LogP contribution in [0.2, 0.25) is 0 Å². The van der Waals surface area contributed by atoms with Crippen molar-refractivity contribution in [2.24, 2.45) is 0 Å². The molecule has 1 saturated heterocycles. The molecule has 2 heterocycles. The maximum atomic E-state index is 12.6. The van der Waals surface area contributed by atoms with Gasteiger partial charge >= 0.3 is 0 Å². The average molecular weight is 303 g/mol. The van der Waals surface area contributed by atoms with Crippen molar-refractivity contribution >= 4 is 5.91 Å². The summed E-state index contributed by atoms with van der Waals surface area (Å²) < 4.78 is 0. The van der Waals surface area contributed by atoms with Gasteiger partial charge in [-0.25, -0.2) is 0 Å². The van der Waals surface area contributed by atoms with E-state index >= 15 is 0 Å². The lowest BCUT2D eigenvalue weighted by molar-refractivity contribution is -0.135. The lowest BCUT2D eigenvalue weighted by atomic mass is 9.97. The zero-order valence-corrected chi connectivity index (χ0v) is 13.2. The molecule has 0 radical (unpaired) electrons. The number of nitrogens with one attached hydrogen (secondary N) is 1. The molecule has 2 aliphatic heterocycles. The molecule has 1 fully saturated rings. The molecule has 3 rings (SSSR count). The summed E-state index contributed by atoms with van der Waals surface area (Å²) in [4.78, 5) is 16.5. The number of carbonyl (C=O) groups excluding carboxylic acids is 1. The number of fused-ring (bicyclic) bond motifs is 1. The summed E-state index contributed by atoms with van der Waals surface area (Å²) in [6, 6.07) is 8.31. The van der Waals surface area contributed by atoms with Gasteiger partial charge in [-0.05, 0) is 44.1 Å². The van der Waals surface area contributed by atoms with Crippen LogP contribution in [0.25, 0.3) is 0 Å². The van der Waals surface area contributed by atoms with E-state index in [1.807, 2.05) is 31.3 Å². The van der Waals surface area contributed by atoms with Crippen molar-refractivity contribution in [3.8, 4) is 0 Å². The van der Waals surface area contributed by atoms with Gasteiger partial charge in [0.1, 0.15) is 0 Å². The van der Waals surface area contributed by atoms with E-state index in [-0.39, 0.29) is 5.91 Å². The molecular formula is C17H25N3O2. The third kappa shape index (κ3) is 3.32. The van der Waals surface area contributed by atoms with E-state index in [0.29, 0.717) is 25.7 Å². The van der Waals surface area contributed by atoms with Crippen molar-refractivity contribution in [1.82, 2.24) is 15.1 Å². The molecule has 2 aliphatic rings. The molecule has 5 nitrogen and oxygen atoms in total. The molecule has 22 heavy (non-hydrogen) atoms.